The number of carbonyl (C=O) groups is 3. The lowest BCUT2D eigenvalue weighted by Crippen LogP contribution is -2.47. The SMILES string of the molecule is O=C1CCC(n2nnc3ccc(N4CCN(CCC5CCN(c6ccc(Nc7ncnc8c7ncn8C7CC(NC(=O)Cc8ccccc8)C7)cc6)CC5)CC4)cc3c2=O)C(=O)N1. The molecule has 324 valence electrons. The Morgan fingerprint density at radius 2 is 1.57 bits per heavy atom. The number of hydrogen-bond donors (Lipinski definition) is 3. The third-order valence-corrected chi connectivity index (χ3v) is 13.3. The van der Waals surface area contributed by atoms with Crippen molar-refractivity contribution < 1.29 is 14.4 Å². The molecule has 0 radical (unpaired) electrons. The Labute approximate surface area is 363 Å². The molecule has 1 saturated carbocycles. The molecule has 4 fully saturated rings. The third kappa shape index (κ3) is 8.69. The number of benzene rings is 3. The van der Waals surface area contributed by atoms with Gasteiger partial charge in [0, 0.05) is 74.8 Å². The summed E-state index contributed by atoms with van der Waals surface area (Å²) in [5.74, 6) is 0.555. The van der Waals surface area contributed by atoms with Crippen LogP contribution in [0, 0.1) is 5.92 Å². The van der Waals surface area contributed by atoms with Crippen molar-refractivity contribution in [3.63, 3.8) is 0 Å². The molecule has 1 unspecified atom stereocenters. The summed E-state index contributed by atoms with van der Waals surface area (Å²) in [5.41, 5.74) is 5.76. The number of fused-ring (bicyclic) bond motifs is 2. The van der Waals surface area contributed by atoms with Crippen LogP contribution in [0.3, 0.4) is 0 Å². The Morgan fingerprint density at radius 1 is 0.810 bits per heavy atom. The van der Waals surface area contributed by atoms with Crippen molar-refractivity contribution in [2.24, 2.45) is 5.92 Å². The molecule has 63 heavy (non-hydrogen) atoms. The van der Waals surface area contributed by atoms with Gasteiger partial charge in [-0.2, -0.15) is 4.68 Å². The standard InChI is InChI=1S/C46H51N13O4/c60-40-13-12-39(45(62)52-40)59-46(63)37-27-35(10-11-38(37)53-54-59)57-22-20-55(21-23-57)17-14-30-15-18-56(19-16-30)34-8-6-32(7-9-34)51-43-42-44(48-28-47-43)58(29-49-42)36-25-33(26-36)50-41(61)24-31-4-2-1-3-5-31/h1-11,27-30,33,36,39H,12-26H2,(H,50,61)(H,47,48,51)(H,52,60,62). The van der Waals surface area contributed by atoms with Crippen LogP contribution in [0.25, 0.3) is 22.1 Å². The Morgan fingerprint density at radius 3 is 2.35 bits per heavy atom. The van der Waals surface area contributed by atoms with Crippen LogP contribution in [0.2, 0.25) is 0 Å². The number of aromatic nitrogens is 7. The largest absolute Gasteiger partial charge is 0.372 e. The number of nitrogens with zero attached hydrogens (tertiary/aromatic N) is 10. The first-order chi connectivity index (χ1) is 30.8. The number of hydrogen-bond acceptors (Lipinski definition) is 13. The molecule has 3 aliphatic heterocycles. The second-order valence-electron chi connectivity index (χ2n) is 17.3. The van der Waals surface area contributed by atoms with Crippen LogP contribution >= 0.6 is 0 Å². The smallest absolute Gasteiger partial charge is 0.278 e. The highest BCUT2D eigenvalue weighted by molar-refractivity contribution is 5.99. The van der Waals surface area contributed by atoms with Crippen LogP contribution in [-0.4, -0.2) is 109 Å². The highest BCUT2D eigenvalue weighted by Gasteiger charge is 2.34. The summed E-state index contributed by atoms with van der Waals surface area (Å²) >= 11 is 0. The van der Waals surface area contributed by atoms with Gasteiger partial charge in [0.2, 0.25) is 11.8 Å². The van der Waals surface area contributed by atoms with E-state index in [0.717, 1.165) is 91.4 Å². The maximum atomic E-state index is 13.4. The number of nitrogens with one attached hydrogen (secondary N) is 3. The molecular weight excluding hydrogens is 799 g/mol. The van der Waals surface area contributed by atoms with Crippen LogP contribution in [0.5, 0.6) is 0 Å². The molecule has 1 atom stereocenters. The second kappa shape index (κ2) is 17.6. The molecule has 4 aliphatic rings. The number of anilines is 4. The second-order valence-corrected chi connectivity index (χ2v) is 17.3. The van der Waals surface area contributed by atoms with Crippen molar-refractivity contribution in [1.82, 2.24) is 50.0 Å². The summed E-state index contributed by atoms with van der Waals surface area (Å²) in [4.78, 5) is 71.2. The molecule has 10 rings (SSSR count). The molecule has 3 N–H and O–H groups in total. The molecule has 17 heteroatoms. The quantitative estimate of drug-likeness (QED) is 0.149. The average molecular weight is 850 g/mol. The van der Waals surface area contributed by atoms with Gasteiger partial charge in [-0.15, -0.1) is 5.10 Å². The van der Waals surface area contributed by atoms with E-state index in [-0.39, 0.29) is 42.3 Å². The Balaban J connectivity index is 0.667. The van der Waals surface area contributed by atoms with Crippen molar-refractivity contribution >= 4 is 62.7 Å². The highest BCUT2D eigenvalue weighted by Crippen LogP contribution is 2.36. The molecular formula is C46H51N13O4. The van der Waals surface area contributed by atoms with E-state index in [2.05, 4.69) is 79.8 Å². The molecule has 6 heterocycles. The minimum absolute atomic E-state index is 0.0499. The fourth-order valence-electron chi connectivity index (χ4n) is 9.53. The molecule has 0 spiro atoms. The number of amides is 3. The van der Waals surface area contributed by atoms with Crippen LogP contribution in [-0.2, 0) is 20.8 Å². The van der Waals surface area contributed by atoms with Crippen LogP contribution in [0.4, 0.5) is 22.9 Å². The maximum absolute atomic E-state index is 13.4. The van der Waals surface area contributed by atoms with Gasteiger partial charge in [0.25, 0.3) is 11.5 Å². The van der Waals surface area contributed by atoms with Crippen molar-refractivity contribution in [3.8, 4) is 0 Å². The highest BCUT2D eigenvalue weighted by atomic mass is 16.2. The lowest BCUT2D eigenvalue weighted by atomic mass is 9.86. The van der Waals surface area contributed by atoms with E-state index in [1.54, 1.807) is 6.33 Å². The lowest BCUT2D eigenvalue weighted by molar-refractivity contribution is -0.136. The topological polar surface area (TPSA) is 188 Å². The summed E-state index contributed by atoms with van der Waals surface area (Å²) < 4.78 is 3.22. The molecule has 6 aromatic rings. The van der Waals surface area contributed by atoms with E-state index in [1.807, 2.05) is 54.9 Å². The molecule has 3 aromatic carbocycles. The Hall–Kier alpha value is -6.75. The predicted octanol–water partition coefficient (Wildman–Crippen LogP) is 4.14. The maximum Gasteiger partial charge on any atom is 0.278 e. The number of imide groups is 1. The minimum Gasteiger partial charge on any atom is -0.372 e. The first-order valence-electron chi connectivity index (χ1n) is 22.1. The van der Waals surface area contributed by atoms with Crippen molar-refractivity contribution in [2.75, 3.05) is 60.9 Å². The van der Waals surface area contributed by atoms with Gasteiger partial charge < -0.3 is 25.0 Å². The van der Waals surface area contributed by atoms with Gasteiger partial charge in [0.05, 0.1) is 18.1 Å². The number of piperidine rings is 2. The van der Waals surface area contributed by atoms with Gasteiger partial charge in [-0.1, -0.05) is 35.5 Å². The number of piperazine rings is 1. The molecule has 1 aliphatic carbocycles. The monoisotopic (exact) mass is 849 g/mol. The predicted molar refractivity (Wildman–Crippen MR) is 239 cm³/mol. The molecule has 3 aromatic heterocycles. The number of carbonyl (C=O) groups excluding carboxylic acids is 3. The van der Waals surface area contributed by atoms with Crippen LogP contribution in [0.1, 0.15) is 62.6 Å². The molecule has 3 amide bonds. The zero-order chi connectivity index (χ0) is 42.9. The first-order valence-corrected chi connectivity index (χ1v) is 22.1. The van der Waals surface area contributed by atoms with E-state index in [4.69, 9.17) is 4.98 Å². The summed E-state index contributed by atoms with van der Waals surface area (Å²) in [5, 5.41) is 17.6. The number of rotatable bonds is 12. The van der Waals surface area contributed by atoms with Gasteiger partial charge in [-0.3, -0.25) is 29.4 Å². The van der Waals surface area contributed by atoms with Gasteiger partial charge in [-0.25, -0.2) is 15.0 Å². The summed E-state index contributed by atoms with van der Waals surface area (Å²) in [7, 11) is 0. The normalized spacial score (nSPS) is 21.0. The Bertz CT molecular complexity index is 2680. The number of imidazole rings is 1. The van der Waals surface area contributed by atoms with Gasteiger partial charge in [-0.05, 0) is 99.0 Å². The third-order valence-electron chi connectivity index (χ3n) is 13.3. The van der Waals surface area contributed by atoms with Crippen LogP contribution in [0.15, 0.2) is 90.2 Å². The molecule has 3 saturated heterocycles. The fraction of sp³-hybridized carbons (Fsp3) is 0.413. The van der Waals surface area contributed by atoms with Crippen LogP contribution < -0.4 is 31.3 Å². The molecule has 17 nitrogen and oxygen atoms in total. The van der Waals surface area contributed by atoms with Gasteiger partial charge in [0.15, 0.2) is 17.0 Å². The van der Waals surface area contributed by atoms with E-state index in [1.165, 1.54) is 24.9 Å². The zero-order valence-corrected chi connectivity index (χ0v) is 35.1. The van der Waals surface area contributed by atoms with Gasteiger partial charge >= 0.3 is 0 Å². The van der Waals surface area contributed by atoms with E-state index in [0.29, 0.717) is 29.1 Å². The lowest BCUT2D eigenvalue weighted by Gasteiger charge is -2.38. The Kier molecular flexibility index (Phi) is 11.2. The summed E-state index contributed by atoms with van der Waals surface area (Å²) in [6, 6.07) is 23.6. The van der Waals surface area contributed by atoms with Crippen molar-refractivity contribution in [2.45, 2.75) is 69.5 Å². The van der Waals surface area contributed by atoms with Crippen molar-refractivity contribution in [1.29, 1.82) is 0 Å². The average Bonchev–Trinajstić information content (AvgIpc) is 3.73. The first kappa shape index (κ1) is 40.3. The van der Waals surface area contributed by atoms with Crippen molar-refractivity contribution in [3.05, 3.63) is 101 Å². The molecule has 0 bridgehead atoms. The van der Waals surface area contributed by atoms with E-state index >= 15 is 0 Å². The summed E-state index contributed by atoms with van der Waals surface area (Å²) in [6.07, 6.45) is 9.39. The fourth-order valence-corrected chi connectivity index (χ4v) is 9.53. The minimum atomic E-state index is -0.842. The van der Waals surface area contributed by atoms with E-state index in [9.17, 15) is 19.2 Å². The van der Waals surface area contributed by atoms with E-state index < -0.39 is 11.9 Å². The van der Waals surface area contributed by atoms with Gasteiger partial charge in [0.1, 0.15) is 17.9 Å². The summed E-state index contributed by atoms with van der Waals surface area (Å²) in [6.45, 7) is 6.76. The zero-order valence-electron chi connectivity index (χ0n) is 35.1.